The van der Waals surface area contributed by atoms with E-state index in [-0.39, 0.29) is 5.60 Å². The van der Waals surface area contributed by atoms with Gasteiger partial charge in [-0.3, -0.25) is 0 Å². The Hall–Kier alpha value is 0.440. The average Bonchev–Trinajstić information content (AvgIpc) is 2.05. The first-order valence-corrected chi connectivity index (χ1v) is 6.48. The second-order valence-corrected chi connectivity index (χ2v) is 5.54. The van der Waals surface area contributed by atoms with Crippen molar-refractivity contribution < 1.29 is 5.11 Å². The van der Waals surface area contributed by atoms with Crippen LogP contribution in [0.3, 0.4) is 0 Å². The molecule has 1 fully saturated rings. The van der Waals surface area contributed by atoms with Crippen LogP contribution in [-0.2, 0) is 0 Å². The van der Waals surface area contributed by atoms with Gasteiger partial charge in [-0.25, -0.2) is 0 Å². The second-order valence-electron chi connectivity index (χ2n) is 4.74. The van der Waals surface area contributed by atoms with Crippen molar-refractivity contribution >= 4 is 15.9 Å². The summed E-state index contributed by atoms with van der Waals surface area (Å²) in [5, 5.41) is 11.1. The Morgan fingerprint density at radius 3 is 2.31 bits per heavy atom. The first kappa shape index (κ1) is 11.5. The largest absolute Gasteiger partial charge is 0.390 e. The molecule has 0 radical (unpaired) electrons. The van der Waals surface area contributed by atoms with Crippen molar-refractivity contribution in [2.24, 2.45) is 11.8 Å². The molecule has 0 aromatic heterocycles. The maximum absolute atomic E-state index is 10.1. The van der Waals surface area contributed by atoms with E-state index in [1.54, 1.807) is 0 Å². The van der Waals surface area contributed by atoms with Gasteiger partial charge in [0, 0.05) is 5.33 Å². The van der Waals surface area contributed by atoms with Gasteiger partial charge in [-0.15, -0.1) is 0 Å². The molecule has 0 saturated heterocycles. The highest BCUT2D eigenvalue weighted by Crippen LogP contribution is 2.37. The summed E-state index contributed by atoms with van der Waals surface area (Å²) in [6, 6.07) is 0. The first-order chi connectivity index (χ1) is 6.07. The summed E-state index contributed by atoms with van der Waals surface area (Å²) in [5.74, 6) is 1.63. The molecule has 13 heavy (non-hydrogen) atoms. The summed E-state index contributed by atoms with van der Waals surface area (Å²) in [4.78, 5) is 0. The van der Waals surface area contributed by atoms with Crippen LogP contribution in [0.15, 0.2) is 0 Å². The highest BCUT2D eigenvalue weighted by Gasteiger charge is 2.33. The SMILES string of the molecule is CC(C)C1CCC(O)(CCBr)CC1. The van der Waals surface area contributed by atoms with E-state index in [1.807, 2.05) is 0 Å². The topological polar surface area (TPSA) is 20.2 Å². The van der Waals surface area contributed by atoms with Gasteiger partial charge in [0.25, 0.3) is 0 Å². The number of alkyl halides is 1. The monoisotopic (exact) mass is 248 g/mol. The van der Waals surface area contributed by atoms with Gasteiger partial charge in [-0.1, -0.05) is 29.8 Å². The number of halogens is 1. The zero-order chi connectivity index (χ0) is 9.90. The number of rotatable bonds is 3. The summed E-state index contributed by atoms with van der Waals surface area (Å²) in [6.45, 7) is 4.58. The van der Waals surface area contributed by atoms with E-state index in [9.17, 15) is 5.11 Å². The van der Waals surface area contributed by atoms with Crippen molar-refractivity contribution in [1.82, 2.24) is 0 Å². The van der Waals surface area contributed by atoms with Gasteiger partial charge in [-0.2, -0.15) is 0 Å². The van der Waals surface area contributed by atoms with E-state index in [4.69, 9.17) is 0 Å². The van der Waals surface area contributed by atoms with Crippen molar-refractivity contribution in [3.05, 3.63) is 0 Å². The predicted octanol–water partition coefficient (Wildman–Crippen LogP) is 3.35. The first-order valence-electron chi connectivity index (χ1n) is 5.36. The van der Waals surface area contributed by atoms with E-state index in [2.05, 4.69) is 29.8 Å². The summed E-state index contributed by atoms with van der Waals surface area (Å²) in [7, 11) is 0. The standard InChI is InChI=1S/C11H21BrO/c1-9(2)10-3-5-11(13,6-4-10)7-8-12/h9-10,13H,3-8H2,1-2H3. The van der Waals surface area contributed by atoms with E-state index in [0.717, 1.165) is 36.4 Å². The third kappa shape index (κ3) is 3.25. The molecule has 1 saturated carbocycles. The molecule has 0 amide bonds. The van der Waals surface area contributed by atoms with E-state index in [1.165, 1.54) is 12.8 Å². The third-order valence-electron chi connectivity index (χ3n) is 3.46. The van der Waals surface area contributed by atoms with Crippen LogP contribution in [0, 0.1) is 11.8 Å². The van der Waals surface area contributed by atoms with Gasteiger partial charge in [-0.05, 0) is 43.9 Å². The van der Waals surface area contributed by atoms with Crippen LogP contribution in [0.4, 0.5) is 0 Å². The molecule has 0 spiro atoms. The van der Waals surface area contributed by atoms with Gasteiger partial charge < -0.3 is 5.11 Å². The molecule has 2 heteroatoms. The van der Waals surface area contributed by atoms with Crippen LogP contribution in [0.25, 0.3) is 0 Å². The lowest BCUT2D eigenvalue weighted by atomic mass is 9.74. The lowest BCUT2D eigenvalue weighted by Crippen LogP contribution is -2.35. The molecule has 0 atom stereocenters. The van der Waals surface area contributed by atoms with E-state index in [0.29, 0.717) is 0 Å². The maximum Gasteiger partial charge on any atom is 0.0656 e. The third-order valence-corrected chi connectivity index (χ3v) is 3.86. The van der Waals surface area contributed by atoms with Crippen LogP contribution >= 0.6 is 15.9 Å². The van der Waals surface area contributed by atoms with Crippen molar-refractivity contribution in [2.75, 3.05) is 5.33 Å². The number of aliphatic hydroxyl groups is 1. The lowest BCUT2D eigenvalue weighted by Gasteiger charge is -2.37. The van der Waals surface area contributed by atoms with Crippen molar-refractivity contribution in [3.63, 3.8) is 0 Å². The minimum atomic E-state index is -0.352. The molecule has 1 nitrogen and oxygen atoms in total. The van der Waals surface area contributed by atoms with E-state index >= 15 is 0 Å². The molecule has 78 valence electrons. The minimum absolute atomic E-state index is 0.352. The van der Waals surface area contributed by atoms with Gasteiger partial charge in [0.2, 0.25) is 0 Å². The Labute approximate surface area is 90.0 Å². The van der Waals surface area contributed by atoms with Crippen molar-refractivity contribution in [2.45, 2.75) is 51.6 Å². The molecular weight excluding hydrogens is 228 g/mol. The Balaban J connectivity index is 2.37. The van der Waals surface area contributed by atoms with Gasteiger partial charge in [0.05, 0.1) is 5.60 Å². The predicted molar refractivity (Wildman–Crippen MR) is 60.2 cm³/mol. The lowest BCUT2D eigenvalue weighted by molar-refractivity contribution is -0.0168. The fraction of sp³-hybridized carbons (Fsp3) is 1.00. The molecule has 1 N–H and O–H groups in total. The smallest absolute Gasteiger partial charge is 0.0656 e. The molecule has 1 rings (SSSR count). The fourth-order valence-electron chi connectivity index (χ4n) is 2.27. The number of hydrogen-bond acceptors (Lipinski definition) is 1. The molecule has 0 aromatic carbocycles. The van der Waals surface area contributed by atoms with Crippen LogP contribution in [0.5, 0.6) is 0 Å². The van der Waals surface area contributed by atoms with E-state index < -0.39 is 0 Å². The molecule has 0 aliphatic heterocycles. The van der Waals surface area contributed by atoms with Gasteiger partial charge >= 0.3 is 0 Å². The fourth-order valence-corrected chi connectivity index (χ4v) is 3.01. The molecule has 0 heterocycles. The average molecular weight is 249 g/mol. The molecular formula is C11H21BrO. The summed E-state index contributed by atoms with van der Waals surface area (Å²) >= 11 is 3.40. The zero-order valence-corrected chi connectivity index (χ0v) is 10.3. The van der Waals surface area contributed by atoms with Crippen LogP contribution in [-0.4, -0.2) is 16.0 Å². The molecule has 0 aromatic rings. The summed E-state index contributed by atoms with van der Waals surface area (Å²) in [5.41, 5.74) is -0.352. The normalized spacial score (nSPS) is 35.3. The van der Waals surface area contributed by atoms with Crippen LogP contribution in [0.1, 0.15) is 46.0 Å². The highest BCUT2D eigenvalue weighted by atomic mass is 79.9. The summed E-state index contributed by atoms with van der Waals surface area (Å²) in [6.07, 6.45) is 5.34. The van der Waals surface area contributed by atoms with Crippen LogP contribution < -0.4 is 0 Å². The minimum Gasteiger partial charge on any atom is -0.390 e. The number of hydrogen-bond donors (Lipinski definition) is 1. The molecule has 1 aliphatic carbocycles. The molecule has 1 aliphatic rings. The zero-order valence-electron chi connectivity index (χ0n) is 8.72. The van der Waals surface area contributed by atoms with Gasteiger partial charge in [0.15, 0.2) is 0 Å². The molecule has 0 bridgehead atoms. The maximum atomic E-state index is 10.1. The Bertz CT molecular complexity index is 148. The Kier molecular flexibility index (Phi) is 4.24. The molecule has 0 unspecified atom stereocenters. The Morgan fingerprint density at radius 1 is 1.38 bits per heavy atom. The second kappa shape index (κ2) is 4.79. The van der Waals surface area contributed by atoms with Crippen molar-refractivity contribution in [1.29, 1.82) is 0 Å². The van der Waals surface area contributed by atoms with Gasteiger partial charge in [0.1, 0.15) is 0 Å². The van der Waals surface area contributed by atoms with Crippen LogP contribution in [0.2, 0.25) is 0 Å². The Morgan fingerprint density at radius 2 is 1.92 bits per heavy atom. The highest BCUT2D eigenvalue weighted by molar-refractivity contribution is 9.09. The quantitative estimate of drug-likeness (QED) is 0.760. The summed E-state index contributed by atoms with van der Waals surface area (Å²) < 4.78 is 0. The van der Waals surface area contributed by atoms with Crippen molar-refractivity contribution in [3.8, 4) is 0 Å².